The second-order valence-electron chi connectivity index (χ2n) is 14.0. The Morgan fingerprint density at radius 1 is 0.314 bits per heavy atom. The lowest BCUT2D eigenvalue weighted by Crippen LogP contribution is -2.29. The van der Waals surface area contributed by atoms with Crippen molar-refractivity contribution in [1.82, 2.24) is 0 Å². The first-order valence-corrected chi connectivity index (χ1v) is 17.9. The summed E-state index contributed by atoms with van der Waals surface area (Å²) in [6.45, 7) is 0. The van der Waals surface area contributed by atoms with Crippen molar-refractivity contribution in [2.45, 2.75) is 5.41 Å². The van der Waals surface area contributed by atoms with Crippen molar-refractivity contribution in [2.24, 2.45) is 0 Å². The molecule has 0 spiro atoms. The molecule has 0 saturated heterocycles. The van der Waals surface area contributed by atoms with Crippen molar-refractivity contribution < 1.29 is 0 Å². The summed E-state index contributed by atoms with van der Waals surface area (Å²) in [5.74, 6) is 0. The Morgan fingerprint density at radius 3 is 1.61 bits per heavy atom. The van der Waals surface area contributed by atoms with E-state index >= 15 is 0 Å². The highest BCUT2D eigenvalue weighted by Crippen LogP contribution is 2.61. The summed E-state index contributed by atoms with van der Waals surface area (Å²) in [7, 11) is 0. The van der Waals surface area contributed by atoms with Gasteiger partial charge in [-0.1, -0.05) is 182 Å². The van der Waals surface area contributed by atoms with E-state index in [1.165, 1.54) is 98.7 Å². The summed E-state index contributed by atoms with van der Waals surface area (Å²) >= 11 is 0. The molecular weight excluding hydrogens is 613 g/mol. The Morgan fingerprint density at radius 2 is 0.882 bits per heavy atom. The third-order valence-electron chi connectivity index (χ3n) is 11.5. The van der Waals surface area contributed by atoms with E-state index in [2.05, 4.69) is 194 Å². The predicted octanol–water partition coefficient (Wildman–Crippen LogP) is 13.4. The van der Waals surface area contributed by atoms with E-state index in [-0.39, 0.29) is 0 Å². The average Bonchev–Trinajstić information content (AvgIpc) is 3.52. The zero-order chi connectivity index (χ0) is 33.5. The molecule has 10 aromatic carbocycles. The van der Waals surface area contributed by atoms with Crippen molar-refractivity contribution in [3.63, 3.8) is 0 Å². The van der Waals surface area contributed by atoms with Gasteiger partial charge in [0.1, 0.15) is 0 Å². The Hall–Kier alpha value is -6.50. The van der Waals surface area contributed by atoms with Gasteiger partial charge in [0.2, 0.25) is 0 Å². The van der Waals surface area contributed by atoms with Crippen LogP contribution >= 0.6 is 0 Å². The van der Waals surface area contributed by atoms with Crippen LogP contribution in [0.15, 0.2) is 194 Å². The highest BCUT2D eigenvalue weighted by Gasteiger charge is 2.48. The summed E-state index contributed by atoms with van der Waals surface area (Å²) in [5.41, 5.74) is 12.3. The quantitative estimate of drug-likeness (QED) is 0.167. The fourth-order valence-corrected chi connectivity index (χ4v) is 9.37. The molecule has 0 fully saturated rings. The number of hydrogen-bond acceptors (Lipinski definition) is 0. The minimum atomic E-state index is -0.544. The standard InChI is InChI=1S/C51H32/c1-4-13-33(14-5-1)45-31-37-15-10-11-22-42(37)50-49(45)44-30-27-38(32-46(44)51(50,39-18-6-2-7-19-39)40-20-8-3-9-21-40)41-28-25-36-24-23-34-16-12-17-35-26-29-43(41)48(36)47(34)35/h1-32H. The first-order valence-electron chi connectivity index (χ1n) is 17.9. The molecule has 0 atom stereocenters. The van der Waals surface area contributed by atoms with E-state index in [4.69, 9.17) is 0 Å². The Bertz CT molecular complexity index is 2880. The van der Waals surface area contributed by atoms with Crippen LogP contribution in [0.1, 0.15) is 22.3 Å². The van der Waals surface area contributed by atoms with E-state index in [9.17, 15) is 0 Å². The first kappa shape index (κ1) is 28.3. The monoisotopic (exact) mass is 644 g/mol. The summed E-state index contributed by atoms with van der Waals surface area (Å²) in [6.07, 6.45) is 0. The normalized spacial score (nSPS) is 13.3. The van der Waals surface area contributed by atoms with Crippen LogP contribution < -0.4 is 0 Å². The molecule has 0 unspecified atom stereocenters. The smallest absolute Gasteiger partial charge is 0.0622 e. The van der Waals surface area contributed by atoms with Crippen LogP contribution in [0.4, 0.5) is 0 Å². The fraction of sp³-hybridized carbons (Fsp3) is 0.0196. The Balaban J connectivity index is 1.30. The highest BCUT2D eigenvalue weighted by atomic mass is 14.5. The predicted molar refractivity (Wildman–Crippen MR) is 216 cm³/mol. The van der Waals surface area contributed by atoms with Gasteiger partial charge in [0.15, 0.2) is 0 Å². The molecule has 0 heteroatoms. The van der Waals surface area contributed by atoms with Gasteiger partial charge >= 0.3 is 0 Å². The van der Waals surface area contributed by atoms with Crippen molar-refractivity contribution in [2.75, 3.05) is 0 Å². The second kappa shape index (κ2) is 10.7. The summed E-state index contributed by atoms with van der Waals surface area (Å²) < 4.78 is 0. The summed E-state index contributed by atoms with van der Waals surface area (Å²) in [4.78, 5) is 0. The lowest BCUT2D eigenvalue weighted by atomic mass is 9.66. The van der Waals surface area contributed by atoms with Crippen LogP contribution in [0.25, 0.3) is 76.5 Å². The topological polar surface area (TPSA) is 0 Å². The third kappa shape index (κ3) is 3.91. The number of hydrogen-bond donors (Lipinski definition) is 0. The molecule has 0 saturated carbocycles. The minimum Gasteiger partial charge on any atom is -0.0622 e. The number of benzene rings is 10. The molecule has 1 aliphatic carbocycles. The molecule has 0 radical (unpaired) electrons. The van der Waals surface area contributed by atoms with E-state index in [0.29, 0.717) is 0 Å². The zero-order valence-electron chi connectivity index (χ0n) is 28.0. The number of rotatable bonds is 4. The number of fused-ring (bicyclic) bond motifs is 5. The Kier molecular flexibility index (Phi) is 5.97. The van der Waals surface area contributed by atoms with Crippen molar-refractivity contribution in [3.8, 4) is 33.4 Å². The molecule has 0 bridgehead atoms. The molecule has 0 amide bonds. The largest absolute Gasteiger partial charge is 0.0720 e. The van der Waals surface area contributed by atoms with E-state index in [0.717, 1.165) is 0 Å². The molecular formula is C51H32. The van der Waals surface area contributed by atoms with Crippen molar-refractivity contribution in [1.29, 1.82) is 0 Å². The maximum absolute atomic E-state index is 2.52. The molecule has 0 heterocycles. The van der Waals surface area contributed by atoms with Gasteiger partial charge in [-0.25, -0.2) is 0 Å². The summed E-state index contributed by atoms with van der Waals surface area (Å²) in [6, 6.07) is 72.5. The zero-order valence-corrected chi connectivity index (χ0v) is 28.0. The molecule has 0 nitrogen and oxygen atoms in total. The van der Waals surface area contributed by atoms with Crippen LogP contribution in [0.5, 0.6) is 0 Å². The van der Waals surface area contributed by atoms with Crippen molar-refractivity contribution in [3.05, 3.63) is 216 Å². The van der Waals surface area contributed by atoms with Crippen molar-refractivity contribution >= 4 is 43.1 Å². The molecule has 0 aliphatic heterocycles. The minimum absolute atomic E-state index is 0.544. The maximum Gasteiger partial charge on any atom is 0.0720 e. The first-order chi connectivity index (χ1) is 25.3. The van der Waals surface area contributed by atoms with Crippen LogP contribution in [0.2, 0.25) is 0 Å². The van der Waals surface area contributed by atoms with E-state index in [1.54, 1.807) is 0 Å². The van der Waals surface area contributed by atoms with Gasteiger partial charge in [-0.15, -0.1) is 0 Å². The Labute approximate surface area is 297 Å². The molecule has 0 N–H and O–H groups in total. The fourth-order valence-electron chi connectivity index (χ4n) is 9.37. The lowest BCUT2D eigenvalue weighted by Gasteiger charge is -2.35. The van der Waals surface area contributed by atoms with E-state index in [1.807, 2.05) is 0 Å². The second-order valence-corrected chi connectivity index (χ2v) is 14.0. The van der Waals surface area contributed by atoms with Crippen LogP contribution in [-0.4, -0.2) is 0 Å². The van der Waals surface area contributed by atoms with Gasteiger partial charge in [0.25, 0.3) is 0 Å². The highest BCUT2D eigenvalue weighted by molar-refractivity contribution is 6.25. The molecule has 1 aliphatic rings. The van der Waals surface area contributed by atoms with Crippen LogP contribution in [-0.2, 0) is 5.41 Å². The third-order valence-corrected chi connectivity index (χ3v) is 11.5. The van der Waals surface area contributed by atoms with Gasteiger partial charge in [-0.2, -0.15) is 0 Å². The molecule has 236 valence electrons. The van der Waals surface area contributed by atoms with Gasteiger partial charge < -0.3 is 0 Å². The molecule has 11 rings (SSSR count). The van der Waals surface area contributed by atoms with Crippen LogP contribution in [0, 0.1) is 0 Å². The van der Waals surface area contributed by atoms with E-state index < -0.39 is 5.41 Å². The molecule has 51 heavy (non-hydrogen) atoms. The van der Waals surface area contributed by atoms with Gasteiger partial charge in [0.05, 0.1) is 5.41 Å². The van der Waals surface area contributed by atoms with Gasteiger partial charge in [-0.3, -0.25) is 0 Å². The van der Waals surface area contributed by atoms with Gasteiger partial charge in [-0.05, 0) is 111 Å². The van der Waals surface area contributed by atoms with Crippen LogP contribution in [0.3, 0.4) is 0 Å². The average molecular weight is 645 g/mol. The molecule has 10 aromatic rings. The maximum atomic E-state index is 2.52. The SMILES string of the molecule is c1ccc(-c2cc3ccccc3c3c2-c2ccc(-c4ccc5ccc6cccc7ccc4c5c67)cc2C3(c2ccccc2)c2ccccc2)cc1. The molecule has 0 aromatic heterocycles. The lowest BCUT2D eigenvalue weighted by molar-refractivity contribution is 0.776. The van der Waals surface area contributed by atoms with Gasteiger partial charge in [0, 0.05) is 0 Å². The summed E-state index contributed by atoms with van der Waals surface area (Å²) in [5, 5.41) is 10.4.